The van der Waals surface area contributed by atoms with Crippen molar-refractivity contribution in [2.45, 2.75) is 178 Å². The minimum atomic E-state index is 0. The first-order valence-corrected chi connectivity index (χ1v) is 15.9. The molecule has 0 saturated heterocycles. The first-order valence-electron chi connectivity index (χ1n) is 15.9. The Balaban J connectivity index is -0.000000478. The molecule has 0 N–H and O–H groups in total. The standard InChI is InChI=1S/C16H30.C9H18.C8H16.2CH4.2B/c1-3-14-8-10-16(11-9-14)12-15-6-4-13(2)5-7-15;1-3-9-6-4-8(2)5-7-9;1-7-3-5-8(2)6-4-7;;;;/h13-16H,3-12H2,1-2H3;8-9H,3-7H2,1-2H3;7-8H,3-6H2,1-2H3;2*1H4;;. The third kappa shape index (κ3) is 18.2. The second-order valence-corrected chi connectivity index (χ2v) is 13.6. The van der Waals surface area contributed by atoms with Gasteiger partial charge in [0.05, 0.1) is 0 Å². The van der Waals surface area contributed by atoms with E-state index in [0.29, 0.717) is 0 Å². The van der Waals surface area contributed by atoms with Crippen LogP contribution in [0.1, 0.15) is 178 Å². The fourth-order valence-electron chi connectivity index (χ4n) is 7.08. The maximum absolute atomic E-state index is 2.43. The summed E-state index contributed by atoms with van der Waals surface area (Å²) in [6.45, 7) is 14.2. The minimum Gasteiger partial charge on any atom is -0.0776 e. The third-order valence-corrected chi connectivity index (χ3v) is 10.4. The molecule has 0 aromatic rings. The summed E-state index contributed by atoms with van der Waals surface area (Å²) in [5.41, 5.74) is 0. The predicted octanol–water partition coefficient (Wildman–Crippen LogP) is 12.0. The first kappa shape index (κ1) is 41.6. The Morgan fingerprint density at radius 2 is 0.541 bits per heavy atom. The van der Waals surface area contributed by atoms with Crippen LogP contribution < -0.4 is 0 Å². The van der Waals surface area contributed by atoms with Gasteiger partial charge in [-0.05, 0) is 53.8 Å². The highest BCUT2D eigenvalue weighted by Gasteiger charge is 2.25. The molecular formula is C35H72B2. The molecule has 0 unspecified atom stereocenters. The van der Waals surface area contributed by atoms with Gasteiger partial charge in [0.15, 0.2) is 0 Å². The molecule has 4 saturated carbocycles. The molecule has 4 aliphatic carbocycles. The van der Waals surface area contributed by atoms with Crippen LogP contribution in [-0.2, 0) is 0 Å². The second kappa shape index (κ2) is 24.0. The summed E-state index contributed by atoms with van der Waals surface area (Å²) < 4.78 is 0. The van der Waals surface area contributed by atoms with Crippen molar-refractivity contribution >= 4 is 16.8 Å². The summed E-state index contributed by atoms with van der Waals surface area (Å²) in [5.74, 6) is 8.42. The molecular weight excluding hydrogens is 442 g/mol. The van der Waals surface area contributed by atoms with Crippen LogP contribution in [0.4, 0.5) is 0 Å². The fraction of sp³-hybridized carbons (Fsp3) is 1.00. The van der Waals surface area contributed by atoms with E-state index in [1.54, 1.807) is 19.3 Å². The molecule has 6 radical (unpaired) electrons. The van der Waals surface area contributed by atoms with Crippen LogP contribution in [0.25, 0.3) is 0 Å². The molecule has 0 bridgehead atoms. The molecule has 0 amide bonds. The monoisotopic (exact) mass is 515 g/mol. The van der Waals surface area contributed by atoms with Crippen molar-refractivity contribution in [2.24, 2.45) is 47.3 Å². The Morgan fingerprint density at radius 3 is 0.811 bits per heavy atom. The Bertz CT molecular complexity index is 436. The van der Waals surface area contributed by atoms with Crippen molar-refractivity contribution < 1.29 is 0 Å². The third-order valence-electron chi connectivity index (χ3n) is 10.4. The van der Waals surface area contributed by atoms with Gasteiger partial charge in [-0.2, -0.15) is 0 Å². The second-order valence-electron chi connectivity index (χ2n) is 13.6. The van der Waals surface area contributed by atoms with E-state index in [0.717, 1.165) is 47.3 Å². The SMILES string of the molecule is C.C.CC1CCC(C)CC1.CCC1CCC(C)CC1.CCC1CCC(CC2CCC(C)CC2)CC1.[B].[B]. The summed E-state index contributed by atoms with van der Waals surface area (Å²) in [6.07, 6.45) is 28.5. The van der Waals surface area contributed by atoms with Crippen molar-refractivity contribution in [1.29, 1.82) is 0 Å². The largest absolute Gasteiger partial charge is 0.0776 e. The average molecular weight is 515 g/mol. The zero-order chi connectivity index (χ0) is 24.1. The number of rotatable bonds is 4. The van der Waals surface area contributed by atoms with E-state index in [2.05, 4.69) is 41.5 Å². The van der Waals surface area contributed by atoms with Gasteiger partial charge < -0.3 is 0 Å². The van der Waals surface area contributed by atoms with Crippen LogP contribution in [-0.4, -0.2) is 16.8 Å². The van der Waals surface area contributed by atoms with Crippen molar-refractivity contribution in [3.63, 3.8) is 0 Å². The van der Waals surface area contributed by atoms with Gasteiger partial charge >= 0.3 is 0 Å². The van der Waals surface area contributed by atoms with Gasteiger partial charge in [-0.1, -0.05) is 172 Å². The van der Waals surface area contributed by atoms with Gasteiger partial charge in [-0.3, -0.25) is 0 Å². The van der Waals surface area contributed by atoms with Gasteiger partial charge in [-0.25, -0.2) is 0 Å². The number of hydrogen-bond acceptors (Lipinski definition) is 0. The summed E-state index contributed by atoms with van der Waals surface area (Å²) in [6, 6.07) is 0. The molecule has 4 rings (SSSR count). The van der Waals surface area contributed by atoms with Gasteiger partial charge in [0, 0.05) is 16.8 Å². The summed E-state index contributed by atoms with van der Waals surface area (Å²) >= 11 is 0. The van der Waals surface area contributed by atoms with E-state index in [9.17, 15) is 0 Å². The normalized spacial score (nSPS) is 35.2. The first-order chi connectivity index (χ1) is 15.9. The van der Waals surface area contributed by atoms with Crippen molar-refractivity contribution in [3.8, 4) is 0 Å². The molecule has 0 aromatic heterocycles. The van der Waals surface area contributed by atoms with Gasteiger partial charge in [-0.15, -0.1) is 0 Å². The van der Waals surface area contributed by atoms with Gasteiger partial charge in [0.2, 0.25) is 0 Å². The maximum Gasteiger partial charge on any atom is 0 e. The smallest absolute Gasteiger partial charge is 0 e. The molecule has 4 fully saturated rings. The Kier molecular flexibility index (Phi) is 27.0. The molecule has 0 nitrogen and oxygen atoms in total. The Labute approximate surface area is 242 Å². The van der Waals surface area contributed by atoms with Gasteiger partial charge in [0.1, 0.15) is 0 Å². The van der Waals surface area contributed by atoms with Crippen LogP contribution in [0.15, 0.2) is 0 Å². The molecule has 0 atom stereocenters. The van der Waals surface area contributed by atoms with E-state index < -0.39 is 0 Å². The maximum atomic E-state index is 2.43. The molecule has 218 valence electrons. The van der Waals surface area contributed by atoms with Crippen LogP contribution in [0.2, 0.25) is 0 Å². The highest BCUT2D eigenvalue weighted by atomic mass is 14.3. The van der Waals surface area contributed by atoms with Crippen LogP contribution in [0.3, 0.4) is 0 Å². The van der Waals surface area contributed by atoms with E-state index in [1.807, 2.05) is 0 Å². The van der Waals surface area contributed by atoms with Crippen LogP contribution >= 0.6 is 0 Å². The lowest BCUT2D eigenvalue weighted by Gasteiger charge is -2.33. The lowest BCUT2D eigenvalue weighted by atomic mass is 9.73. The molecule has 37 heavy (non-hydrogen) atoms. The lowest BCUT2D eigenvalue weighted by molar-refractivity contribution is 0.194. The quantitative estimate of drug-likeness (QED) is 0.327. The van der Waals surface area contributed by atoms with Crippen molar-refractivity contribution in [3.05, 3.63) is 0 Å². The summed E-state index contributed by atoms with van der Waals surface area (Å²) in [5, 5.41) is 0. The topological polar surface area (TPSA) is 0 Å². The van der Waals surface area contributed by atoms with Crippen LogP contribution in [0.5, 0.6) is 0 Å². The molecule has 0 spiro atoms. The predicted molar refractivity (Wildman–Crippen MR) is 175 cm³/mol. The zero-order valence-electron chi connectivity index (χ0n) is 25.2. The molecule has 0 aromatic carbocycles. The lowest BCUT2D eigenvalue weighted by Crippen LogP contribution is -2.20. The fourth-order valence-corrected chi connectivity index (χ4v) is 7.08. The molecule has 2 heteroatoms. The minimum absolute atomic E-state index is 0. The van der Waals surface area contributed by atoms with Crippen molar-refractivity contribution in [2.75, 3.05) is 0 Å². The van der Waals surface area contributed by atoms with Gasteiger partial charge in [0.25, 0.3) is 0 Å². The highest BCUT2D eigenvalue weighted by Crippen LogP contribution is 2.38. The zero-order valence-corrected chi connectivity index (χ0v) is 25.2. The van der Waals surface area contributed by atoms with Crippen molar-refractivity contribution in [1.82, 2.24) is 0 Å². The molecule has 4 aliphatic rings. The van der Waals surface area contributed by atoms with E-state index in [1.165, 1.54) is 103 Å². The van der Waals surface area contributed by atoms with E-state index >= 15 is 0 Å². The van der Waals surface area contributed by atoms with E-state index in [-0.39, 0.29) is 31.7 Å². The summed E-state index contributed by atoms with van der Waals surface area (Å²) in [7, 11) is 0. The molecule has 0 aliphatic heterocycles. The summed E-state index contributed by atoms with van der Waals surface area (Å²) in [4.78, 5) is 0. The van der Waals surface area contributed by atoms with Crippen LogP contribution in [0, 0.1) is 47.3 Å². The molecule has 0 heterocycles. The Hall–Kier alpha value is 0.130. The Morgan fingerprint density at radius 1 is 0.351 bits per heavy atom. The van der Waals surface area contributed by atoms with E-state index in [4.69, 9.17) is 0 Å². The highest BCUT2D eigenvalue weighted by molar-refractivity contribution is 5.76. The average Bonchev–Trinajstić information content (AvgIpc) is 2.84. The number of hydrogen-bond donors (Lipinski definition) is 0.